The van der Waals surface area contributed by atoms with Crippen LogP contribution in [0.1, 0.15) is 24.0 Å². The largest absolute Gasteiger partial charge is 0.273 e. The third-order valence-corrected chi connectivity index (χ3v) is 6.71. The van der Waals surface area contributed by atoms with Crippen LogP contribution in [-0.2, 0) is 25.2 Å². The van der Waals surface area contributed by atoms with E-state index in [1.54, 1.807) is 0 Å². The lowest BCUT2D eigenvalue weighted by atomic mass is 10.1. The fraction of sp³-hybridized carbons (Fsp3) is 0.500. The van der Waals surface area contributed by atoms with E-state index in [4.69, 9.17) is 0 Å². The van der Waals surface area contributed by atoms with Gasteiger partial charge in [-0.1, -0.05) is 24.3 Å². The normalized spacial score (nSPS) is 19.0. The molecule has 1 aromatic rings. The van der Waals surface area contributed by atoms with E-state index in [0.717, 1.165) is 5.75 Å². The maximum atomic E-state index is 11.7. The molecule has 0 radical (unpaired) electrons. The highest BCUT2D eigenvalue weighted by atomic mass is 32.2. The number of carbonyl (C=O) groups excluding carboxylic acids is 2. The molecule has 0 saturated carbocycles. The highest BCUT2D eigenvalue weighted by Crippen LogP contribution is 2.21. The van der Waals surface area contributed by atoms with Gasteiger partial charge in [-0.2, -0.15) is 0 Å². The van der Waals surface area contributed by atoms with Crippen LogP contribution in [0.25, 0.3) is 0 Å². The number of benzene rings is 1. The lowest BCUT2D eigenvalue weighted by Gasteiger charge is -2.10. The van der Waals surface area contributed by atoms with Crippen molar-refractivity contribution in [2.45, 2.75) is 25.5 Å². The molecule has 0 aliphatic carbocycles. The molecule has 2 rings (SSSR count). The Morgan fingerprint density at radius 2 is 1.92 bits per heavy atom. The van der Waals surface area contributed by atoms with Gasteiger partial charge in [0.1, 0.15) is 0 Å². The fourth-order valence-electron chi connectivity index (χ4n) is 2.55. The zero-order chi connectivity index (χ0) is 17.6. The van der Waals surface area contributed by atoms with Gasteiger partial charge in [0, 0.05) is 12.2 Å². The summed E-state index contributed by atoms with van der Waals surface area (Å²) in [5, 5.41) is 0. The van der Waals surface area contributed by atoms with E-state index < -0.39 is 9.84 Å². The van der Waals surface area contributed by atoms with E-state index in [-0.39, 0.29) is 41.4 Å². The van der Waals surface area contributed by atoms with Crippen LogP contribution < -0.4 is 10.9 Å². The predicted molar refractivity (Wildman–Crippen MR) is 95.0 cm³/mol. The number of sulfone groups is 1. The van der Waals surface area contributed by atoms with E-state index in [1.807, 2.05) is 31.2 Å². The fourth-order valence-corrected chi connectivity index (χ4v) is 5.31. The third kappa shape index (κ3) is 6.16. The first-order valence-electron chi connectivity index (χ1n) is 7.76. The Bertz CT molecular complexity index is 704. The average molecular weight is 370 g/mol. The summed E-state index contributed by atoms with van der Waals surface area (Å²) in [4.78, 5) is 23.4. The Balaban J connectivity index is 1.62. The molecule has 1 atom stereocenters. The molecule has 0 bridgehead atoms. The average Bonchev–Trinajstić information content (AvgIpc) is 2.86. The quantitative estimate of drug-likeness (QED) is 0.734. The van der Waals surface area contributed by atoms with Gasteiger partial charge in [0.2, 0.25) is 11.8 Å². The van der Waals surface area contributed by atoms with Crippen LogP contribution in [0.3, 0.4) is 0 Å². The van der Waals surface area contributed by atoms with Gasteiger partial charge in [-0.15, -0.1) is 11.8 Å². The molecule has 2 amide bonds. The predicted octanol–water partition coefficient (Wildman–Crippen LogP) is 1.20. The number of amides is 2. The first-order chi connectivity index (χ1) is 11.4. The molecule has 132 valence electrons. The molecule has 24 heavy (non-hydrogen) atoms. The van der Waals surface area contributed by atoms with Gasteiger partial charge in [0.05, 0.1) is 17.3 Å². The van der Waals surface area contributed by atoms with Crippen LogP contribution in [0, 0.1) is 12.8 Å². The summed E-state index contributed by atoms with van der Waals surface area (Å²) in [5.41, 5.74) is 7.09. The van der Waals surface area contributed by atoms with Crippen molar-refractivity contribution in [2.24, 2.45) is 5.92 Å². The van der Waals surface area contributed by atoms with E-state index in [2.05, 4.69) is 10.9 Å². The van der Waals surface area contributed by atoms with Crippen molar-refractivity contribution in [3.63, 3.8) is 0 Å². The molecule has 1 aliphatic rings. The Morgan fingerprint density at radius 3 is 2.58 bits per heavy atom. The smallest absolute Gasteiger partial charge is 0.248 e. The monoisotopic (exact) mass is 370 g/mol. The number of hydrogen-bond donors (Lipinski definition) is 2. The Morgan fingerprint density at radius 1 is 1.21 bits per heavy atom. The minimum absolute atomic E-state index is 0.0562. The minimum Gasteiger partial charge on any atom is -0.273 e. The highest BCUT2D eigenvalue weighted by Gasteiger charge is 2.29. The molecule has 1 heterocycles. The van der Waals surface area contributed by atoms with Gasteiger partial charge in [-0.3, -0.25) is 20.4 Å². The Kier molecular flexibility index (Phi) is 6.68. The number of hydrazine groups is 1. The van der Waals surface area contributed by atoms with Crippen molar-refractivity contribution < 1.29 is 18.0 Å². The van der Waals surface area contributed by atoms with Crippen molar-refractivity contribution in [3.05, 3.63) is 35.4 Å². The van der Waals surface area contributed by atoms with Crippen molar-refractivity contribution >= 4 is 33.4 Å². The lowest BCUT2D eigenvalue weighted by Crippen LogP contribution is -2.43. The molecule has 6 nitrogen and oxygen atoms in total. The van der Waals surface area contributed by atoms with Crippen LogP contribution in [0.15, 0.2) is 24.3 Å². The summed E-state index contributed by atoms with van der Waals surface area (Å²) in [6.45, 7) is 2.03. The number of rotatable bonds is 6. The number of hydrogen-bond acceptors (Lipinski definition) is 5. The van der Waals surface area contributed by atoms with Gasteiger partial charge in [0.25, 0.3) is 0 Å². The summed E-state index contributed by atoms with van der Waals surface area (Å²) in [7, 11) is -2.98. The SMILES string of the molecule is Cc1ccccc1CSCC(=O)NNC(=O)C[C@@H]1CCS(=O)(=O)C1. The molecular formula is C16H22N2O4S2. The van der Waals surface area contributed by atoms with Crippen LogP contribution in [0.5, 0.6) is 0 Å². The third-order valence-electron chi connectivity index (χ3n) is 3.89. The molecule has 1 aliphatic heterocycles. The first kappa shape index (κ1) is 18.8. The number of aryl methyl sites for hydroxylation is 1. The second-order valence-electron chi connectivity index (χ2n) is 5.99. The van der Waals surface area contributed by atoms with Crippen LogP contribution in [-0.4, -0.2) is 37.5 Å². The van der Waals surface area contributed by atoms with Gasteiger partial charge >= 0.3 is 0 Å². The summed E-state index contributed by atoms with van der Waals surface area (Å²) in [5.74, 6) is 0.395. The number of carbonyl (C=O) groups is 2. The standard InChI is InChI=1S/C16H22N2O4S2/c1-12-4-2-3-5-14(12)9-23-10-16(20)18-17-15(19)8-13-6-7-24(21,22)11-13/h2-5,13H,6-11H2,1H3,(H,17,19)(H,18,20)/t13-/m0/s1. The Labute approximate surface area is 146 Å². The summed E-state index contributed by atoms with van der Waals surface area (Å²) < 4.78 is 22.7. The molecule has 0 aromatic heterocycles. The van der Waals surface area contributed by atoms with E-state index in [9.17, 15) is 18.0 Å². The van der Waals surface area contributed by atoms with Crippen molar-refractivity contribution in [3.8, 4) is 0 Å². The van der Waals surface area contributed by atoms with Crippen LogP contribution in [0.4, 0.5) is 0 Å². The lowest BCUT2D eigenvalue weighted by molar-refractivity contribution is -0.128. The zero-order valence-electron chi connectivity index (χ0n) is 13.6. The maximum absolute atomic E-state index is 11.7. The molecule has 0 unspecified atom stereocenters. The van der Waals surface area contributed by atoms with E-state index >= 15 is 0 Å². The zero-order valence-corrected chi connectivity index (χ0v) is 15.2. The molecule has 1 saturated heterocycles. The van der Waals surface area contributed by atoms with Crippen LogP contribution in [0.2, 0.25) is 0 Å². The maximum Gasteiger partial charge on any atom is 0.248 e. The summed E-state index contributed by atoms with van der Waals surface area (Å²) in [6.07, 6.45) is 0.631. The van der Waals surface area contributed by atoms with E-state index in [0.29, 0.717) is 6.42 Å². The first-order valence-corrected chi connectivity index (χ1v) is 10.7. The van der Waals surface area contributed by atoms with Gasteiger partial charge in [0.15, 0.2) is 9.84 Å². The van der Waals surface area contributed by atoms with Crippen molar-refractivity contribution in [1.29, 1.82) is 0 Å². The topological polar surface area (TPSA) is 92.3 Å². The van der Waals surface area contributed by atoms with Crippen molar-refractivity contribution in [1.82, 2.24) is 10.9 Å². The second kappa shape index (κ2) is 8.53. The van der Waals surface area contributed by atoms with Gasteiger partial charge in [-0.25, -0.2) is 8.42 Å². The molecule has 2 N–H and O–H groups in total. The Hall–Kier alpha value is -1.54. The van der Waals surface area contributed by atoms with Gasteiger partial charge in [-0.05, 0) is 30.4 Å². The number of nitrogens with one attached hydrogen (secondary N) is 2. The summed E-state index contributed by atoms with van der Waals surface area (Å²) >= 11 is 1.47. The van der Waals surface area contributed by atoms with Crippen molar-refractivity contribution in [2.75, 3.05) is 17.3 Å². The molecule has 1 fully saturated rings. The summed E-state index contributed by atoms with van der Waals surface area (Å²) in [6, 6.07) is 7.99. The molecular weight excluding hydrogens is 348 g/mol. The number of thioether (sulfide) groups is 1. The minimum atomic E-state index is -2.98. The van der Waals surface area contributed by atoms with Gasteiger partial charge < -0.3 is 0 Å². The van der Waals surface area contributed by atoms with E-state index in [1.165, 1.54) is 22.9 Å². The highest BCUT2D eigenvalue weighted by molar-refractivity contribution is 7.99. The molecule has 0 spiro atoms. The molecule has 8 heteroatoms. The second-order valence-corrected chi connectivity index (χ2v) is 9.20. The molecule has 1 aromatic carbocycles. The van der Waals surface area contributed by atoms with Crippen LogP contribution >= 0.6 is 11.8 Å².